The normalized spacial score (nSPS) is 12.8. The summed E-state index contributed by atoms with van der Waals surface area (Å²) in [6, 6.07) is -0.767. The first kappa shape index (κ1) is 13.1. The Morgan fingerprint density at radius 2 is 2.16 bits per heavy atom. The number of anilines is 1. The summed E-state index contributed by atoms with van der Waals surface area (Å²) in [5, 5.41) is 12.0. The topological polar surface area (TPSA) is 124 Å². The van der Waals surface area contributed by atoms with Gasteiger partial charge in [-0.25, -0.2) is 19.6 Å². The maximum atomic E-state index is 11.2. The number of nitrogens with one attached hydrogen (secondary N) is 3. The van der Waals surface area contributed by atoms with E-state index < -0.39 is 17.7 Å². The van der Waals surface area contributed by atoms with E-state index in [1.54, 1.807) is 0 Å². The van der Waals surface area contributed by atoms with Crippen LogP contribution in [-0.4, -0.2) is 37.1 Å². The largest absolute Gasteiger partial charge is 0.480 e. The molecular formula is C11H15N5O3. The summed E-state index contributed by atoms with van der Waals surface area (Å²) < 4.78 is 0. The molecule has 0 radical (unpaired) electrons. The van der Waals surface area contributed by atoms with Crippen LogP contribution in [0.15, 0.2) is 11.1 Å². The average molecular weight is 265 g/mol. The van der Waals surface area contributed by atoms with E-state index in [1.165, 1.54) is 6.33 Å². The quantitative estimate of drug-likeness (QED) is 0.626. The van der Waals surface area contributed by atoms with Crippen LogP contribution in [-0.2, 0) is 4.79 Å². The molecule has 2 heterocycles. The summed E-state index contributed by atoms with van der Waals surface area (Å²) in [5.41, 5.74) is 0.313. The minimum absolute atomic E-state index is 0.219. The van der Waals surface area contributed by atoms with E-state index in [9.17, 15) is 14.7 Å². The van der Waals surface area contributed by atoms with E-state index in [0.29, 0.717) is 23.4 Å². The number of aromatic amines is 2. The van der Waals surface area contributed by atoms with Gasteiger partial charge >= 0.3 is 11.7 Å². The standard InChI is InChI=1S/C11H15N5O3/c1-5(2)3-6(10(17)18)14-8-7-9(13-4-12-8)16-11(19)15-7/h4-6H,3H2,1-2H3,(H,17,18)(H3,12,13,14,15,16,19). The van der Waals surface area contributed by atoms with E-state index in [1.807, 2.05) is 13.8 Å². The maximum absolute atomic E-state index is 11.2. The summed E-state index contributed by atoms with van der Waals surface area (Å²) in [7, 11) is 0. The SMILES string of the molecule is CC(C)CC(Nc1ncnc2[nH]c(=O)[nH]c12)C(=O)O. The predicted octanol–water partition coefficient (Wildman–Crippen LogP) is 0.557. The molecule has 102 valence electrons. The second-order valence-corrected chi connectivity index (χ2v) is 4.69. The fraction of sp³-hybridized carbons (Fsp3) is 0.455. The highest BCUT2D eigenvalue weighted by Crippen LogP contribution is 2.16. The first-order valence-electron chi connectivity index (χ1n) is 5.89. The number of nitrogens with zero attached hydrogens (tertiary/aromatic N) is 2. The summed E-state index contributed by atoms with van der Waals surface area (Å²) in [4.78, 5) is 35.3. The highest BCUT2D eigenvalue weighted by atomic mass is 16.4. The molecule has 0 saturated carbocycles. The Morgan fingerprint density at radius 3 is 2.79 bits per heavy atom. The molecule has 8 heteroatoms. The number of imidazole rings is 1. The van der Waals surface area contributed by atoms with Crippen molar-refractivity contribution in [1.29, 1.82) is 0 Å². The maximum Gasteiger partial charge on any atom is 0.326 e. The fourth-order valence-corrected chi connectivity index (χ4v) is 1.82. The number of fused-ring (bicyclic) bond motifs is 1. The number of hydrogen-bond acceptors (Lipinski definition) is 5. The molecule has 0 aliphatic heterocycles. The fourth-order valence-electron chi connectivity index (χ4n) is 1.82. The van der Waals surface area contributed by atoms with Crippen LogP contribution >= 0.6 is 0 Å². The van der Waals surface area contributed by atoms with Crippen molar-refractivity contribution in [3.8, 4) is 0 Å². The Kier molecular flexibility index (Phi) is 3.50. The van der Waals surface area contributed by atoms with Gasteiger partial charge in [0.05, 0.1) is 0 Å². The summed E-state index contributed by atoms with van der Waals surface area (Å²) in [5.74, 6) is -0.439. The molecule has 0 spiro atoms. The third-order valence-electron chi connectivity index (χ3n) is 2.63. The molecule has 0 aliphatic rings. The van der Waals surface area contributed by atoms with Crippen LogP contribution in [0, 0.1) is 5.92 Å². The molecule has 0 amide bonds. The van der Waals surface area contributed by atoms with Crippen molar-refractivity contribution in [1.82, 2.24) is 19.9 Å². The highest BCUT2D eigenvalue weighted by Gasteiger charge is 2.20. The number of H-pyrrole nitrogens is 2. The molecular weight excluding hydrogens is 250 g/mol. The first-order valence-corrected chi connectivity index (χ1v) is 5.89. The van der Waals surface area contributed by atoms with Crippen LogP contribution in [0.3, 0.4) is 0 Å². The van der Waals surface area contributed by atoms with Gasteiger partial charge in [0, 0.05) is 0 Å². The lowest BCUT2D eigenvalue weighted by Gasteiger charge is -2.16. The zero-order valence-corrected chi connectivity index (χ0v) is 10.6. The first-order chi connectivity index (χ1) is 8.97. The van der Waals surface area contributed by atoms with Crippen molar-refractivity contribution in [2.45, 2.75) is 26.3 Å². The van der Waals surface area contributed by atoms with E-state index in [2.05, 4.69) is 25.3 Å². The molecule has 1 unspecified atom stereocenters. The van der Waals surface area contributed by atoms with Crippen LogP contribution in [0.2, 0.25) is 0 Å². The molecule has 0 bridgehead atoms. The van der Waals surface area contributed by atoms with Crippen LogP contribution in [0.4, 0.5) is 5.82 Å². The van der Waals surface area contributed by atoms with Gasteiger partial charge in [0.1, 0.15) is 17.9 Å². The van der Waals surface area contributed by atoms with Gasteiger partial charge in [0.25, 0.3) is 0 Å². The van der Waals surface area contributed by atoms with Gasteiger partial charge in [-0.15, -0.1) is 0 Å². The lowest BCUT2D eigenvalue weighted by Crippen LogP contribution is -2.31. The van der Waals surface area contributed by atoms with Crippen LogP contribution < -0.4 is 11.0 Å². The summed E-state index contributed by atoms with van der Waals surface area (Å²) in [6.07, 6.45) is 1.72. The van der Waals surface area contributed by atoms with Gasteiger partial charge in [-0.05, 0) is 12.3 Å². The summed E-state index contributed by atoms with van der Waals surface area (Å²) in [6.45, 7) is 3.87. The number of aromatic nitrogens is 4. The van der Waals surface area contributed by atoms with Gasteiger partial charge in [0.2, 0.25) is 0 Å². The predicted molar refractivity (Wildman–Crippen MR) is 69.0 cm³/mol. The Labute approximate surface area is 108 Å². The second-order valence-electron chi connectivity index (χ2n) is 4.69. The average Bonchev–Trinajstić information content (AvgIpc) is 2.68. The number of aliphatic carboxylic acids is 1. The number of rotatable bonds is 5. The minimum Gasteiger partial charge on any atom is -0.480 e. The number of carboxylic acid groups (broad SMARTS) is 1. The van der Waals surface area contributed by atoms with Crippen molar-refractivity contribution >= 4 is 23.0 Å². The van der Waals surface area contributed by atoms with Crippen molar-refractivity contribution in [3.05, 3.63) is 16.8 Å². The monoisotopic (exact) mass is 265 g/mol. The smallest absolute Gasteiger partial charge is 0.326 e. The van der Waals surface area contributed by atoms with E-state index in [-0.39, 0.29) is 5.92 Å². The lowest BCUT2D eigenvalue weighted by molar-refractivity contribution is -0.138. The van der Waals surface area contributed by atoms with Crippen LogP contribution in [0.25, 0.3) is 11.2 Å². The highest BCUT2D eigenvalue weighted by molar-refractivity contribution is 5.85. The molecule has 2 aromatic rings. The molecule has 4 N–H and O–H groups in total. The van der Waals surface area contributed by atoms with Gasteiger partial charge in [-0.2, -0.15) is 0 Å². The summed E-state index contributed by atoms with van der Waals surface area (Å²) >= 11 is 0. The second kappa shape index (κ2) is 5.09. The number of carbonyl (C=O) groups is 1. The zero-order valence-electron chi connectivity index (χ0n) is 10.6. The molecule has 1 atom stereocenters. The molecule has 19 heavy (non-hydrogen) atoms. The van der Waals surface area contributed by atoms with Gasteiger partial charge < -0.3 is 15.4 Å². The van der Waals surface area contributed by atoms with Gasteiger partial charge in [0.15, 0.2) is 11.5 Å². The van der Waals surface area contributed by atoms with Crippen molar-refractivity contribution < 1.29 is 9.90 Å². The van der Waals surface area contributed by atoms with Crippen LogP contribution in [0.5, 0.6) is 0 Å². The lowest BCUT2D eigenvalue weighted by atomic mass is 10.0. The van der Waals surface area contributed by atoms with Crippen molar-refractivity contribution in [2.24, 2.45) is 5.92 Å². The van der Waals surface area contributed by atoms with Crippen molar-refractivity contribution in [2.75, 3.05) is 5.32 Å². The van der Waals surface area contributed by atoms with Crippen LogP contribution in [0.1, 0.15) is 20.3 Å². The third kappa shape index (κ3) is 2.90. The molecule has 0 saturated heterocycles. The van der Waals surface area contributed by atoms with Gasteiger partial charge in [-0.1, -0.05) is 13.8 Å². The van der Waals surface area contributed by atoms with Gasteiger partial charge in [-0.3, -0.25) is 4.98 Å². The molecule has 0 fully saturated rings. The molecule has 0 aliphatic carbocycles. The molecule has 2 aromatic heterocycles. The van der Waals surface area contributed by atoms with E-state index in [4.69, 9.17) is 0 Å². The Morgan fingerprint density at radius 1 is 1.42 bits per heavy atom. The third-order valence-corrected chi connectivity index (χ3v) is 2.63. The number of carboxylic acids is 1. The molecule has 2 rings (SSSR count). The molecule has 8 nitrogen and oxygen atoms in total. The van der Waals surface area contributed by atoms with Crippen molar-refractivity contribution in [3.63, 3.8) is 0 Å². The zero-order chi connectivity index (χ0) is 14.0. The Balaban J connectivity index is 2.33. The Bertz CT molecular complexity index is 645. The molecule has 0 aromatic carbocycles. The Hall–Kier alpha value is -2.38. The van der Waals surface area contributed by atoms with E-state index >= 15 is 0 Å². The number of hydrogen-bond donors (Lipinski definition) is 4. The minimum atomic E-state index is -0.960. The van der Waals surface area contributed by atoms with E-state index in [0.717, 1.165) is 0 Å².